The minimum atomic E-state index is -2.01. The Bertz CT molecular complexity index is 1310. The molecule has 1 N–H and O–H groups in total. The van der Waals surface area contributed by atoms with E-state index in [9.17, 15) is 15.8 Å². The van der Waals surface area contributed by atoms with Crippen LogP contribution in [0.3, 0.4) is 0 Å². The van der Waals surface area contributed by atoms with Crippen LogP contribution in [0.1, 0.15) is 49.3 Å². The molecule has 1 saturated carbocycles. The molecule has 2 heterocycles. The lowest BCUT2D eigenvalue weighted by Gasteiger charge is -2.52. The third kappa shape index (κ3) is 2.97. The van der Waals surface area contributed by atoms with Gasteiger partial charge in [-0.25, -0.2) is 0 Å². The van der Waals surface area contributed by atoms with E-state index >= 15 is 0 Å². The molecule has 8 nitrogen and oxygen atoms in total. The van der Waals surface area contributed by atoms with E-state index in [1.54, 1.807) is 18.2 Å². The number of benzene rings is 2. The lowest BCUT2D eigenvalue weighted by atomic mass is 9.50. The summed E-state index contributed by atoms with van der Waals surface area (Å²) < 4.78 is 23.8. The van der Waals surface area contributed by atoms with Gasteiger partial charge in [0.15, 0.2) is 16.9 Å². The molecule has 36 heavy (non-hydrogen) atoms. The lowest BCUT2D eigenvalue weighted by molar-refractivity contribution is -0.296. The van der Waals surface area contributed by atoms with Gasteiger partial charge in [-0.15, -0.1) is 0 Å². The number of methoxy groups -OCH3 is 1. The van der Waals surface area contributed by atoms with Crippen molar-refractivity contribution in [3.05, 3.63) is 59.7 Å². The molecule has 1 aliphatic carbocycles. The average molecular weight is 483 g/mol. The minimum absolute atomic E-state index is 0.0901. The molecule has 3 aliphatic rings. The van der Waals surface area contributed by atoms with Crippen LogP contribution >= 0.6 is 0 Å². The smallest absolute Gasteiger partial charge is 0.217 e. The molecule has 5 atom stereocenters. The number of nitrogens with one attached hydrogen (secondary N) is 1. The summed E-state index contributed by atoms with van der Waals surface area (Å²) in [5, 5.41) is 40.5. The molecule has 2 saturated heterocycles. The molecule has 2 aromatic rings. The van der Waals surface area contributed by atoms with Gasteiger partial charge in [0.05, 0.1) is 37.8 Å². The Morgan fingerprint density at radius 3 is 2.42 bits per heavy atom. The summed E-state index contributed by atoms with van der Waals surface area (Å²) in [4.78, 5) is 0. The number of ether oxygens (including phenoxy) is 4. The maximum absolute atomic E-state index is 10.6. The van der Waals surface area contributed by atoms with Crippen LogP contribution < -0.4 is 9.47 Å². The van der Waals surface area contributed by atoms with Crippen molar-refractivity contribution in [2.24, 2.45) is 16.7 Å². The fourth-order valence-electron chi connectivity index (χ4n) is 6.29. The van der Waals surface area contributed by atoms with E-state index in [0.717, 1.165) is 12.0 Å². The normalized spacial score (nSPS) is 31.6. The molecule has 2 bridgehead atoms. The van der Waals surface area contributed by atoms with Crippen molar-refractivity contribution in [3.8, 4) is 29.7 Å². The Morgan fingerprint density at radius 2 is 1.78 bits per heavy atom. The minimum Gasteiger partial charge on any atom is -0.493 e. The molecular formula is C28H26N4O4. The van der Waals surface area contributed by atoms with Crippen LogP contribution in [-0.2, 0) is 9.47 Å². The maximum atomic E-state index is 10.6. The van der Waals surface area contributed by atoms with Gasteiger partial charge < -0.3 is 18.9 Å². The topological polar surface area (TPSA) is 132 Å². The lowest BCUT2D eigenvalue weighted by Crippen LogP contribution is -2.60. The molecular weight excluding hydrogens is 456 g/mol. The highest BCUT2D eigenvalue weighted by atomic mass is 16.7. The zero-order valence-corrected chi connectivity index (χ0v) is 20.2. The summed E-state index contributed by atoms with van der Waals surface area (Å²) in [6.45, 7) is 2.29. The Kier molecular flexibility index (Phi) is 5.62. The van der Waals surface area contributed by atoms with Crippen LogP contribution in [0.4, 0.5) is 0 Å². The summed E-state index contributed by atoms with van der Waals surface area (Å²) >= 11 is 0. The van der Waals surface area contributed by atoms with Crippen molar-refractivity contribution in [1.29, 1.82) is 21.2 Å². The Hall–Kier alpha value is -4.06. The first kappa shape index (κ1) is 23.7. The Balaban J connectivity index is 1.66. The fraction of sp³-hybridized carbons (Fsp3) is 0.429. The molecule has 182 valence electrons. The number of hydrogen-bond acceptors (Lipinski definition) is 8. The SMILES string of the molecule is CCOc1ccc(C2OC34CCC(c5ccccc5)CC3C(C#N)(C(=N)O4)C2(C#N)C#N)cc1OC. The molecule has 8 heteroatoms. The van der Waals surface area contributed by atoms with Gasteiger partial charge in [0.2, 0.25) is 17.1 Å². The maximum Gasteiger partial charge on any atom is 0.217 e. The van der Waals surface area contributed by atoms with Crippen molar-refractivity contribution in [2.45, 2.75) is 44.0 Å². The molecule has 0 spiro atoms. The van der Waals surface area contributed by atoms with E-state index in [4.69, 9.17) is 24.4 Å². The zero-order chi connectivity index (χ0) is 25.6. The van der Waals surface area contributed by atoms with Gasteiger partial charge in [0, 0.05) is 6.42 Å². The van der Waals surface area contributed by atoms with Crippen LogP contribution in [0.5, 0.6) is 11.5 Å². The second-order valence-corrected chi connectivity index (χ2v) is 9.47. The monoisotopic (exact) mass is 482 g/mol. The van der Waals surface area contributed by atoms with Gasteiger partial charge in [-0.2, -0.15) is 15.8 Å². The quantitative estimate of drug-likeness (QED) is 0.634. The standard InChI is InChI=1S/C28H26N4O4/c1-3-34-21-10-9-20(13-22(21)33-2)24-26(15-29,16-30)27(17-31)23-14-19(18-7-5-4-6-8-18)11-12-28(23,35-24)36-25(27)32/h4-10,13,19,23-24,32H,3,11-12,14H2,1-2H3. The van der Waals surface area contributed by atoms with Crippen LogP contribution in [-0.4, -0.2) is 25.4 Å². The summed E-state index contributed by atoms with van der Waals surface area (Å²) in [5.41, 5.74) is -2.21. The molecule has 5 rings (SSSR count). The fourth-order valence-corrected chi connectivity index (χ4v) is 6.29. The van der Waals surface area contributed by atoms with Crippen LogP contribution in [0.15, 0.2) is 48.5 Å². The van der Waals surface area contributed by atoms with Gasteiger partial charge in [-0.3, -0.25) is 5.41 Å². The van der Waals surface area contributed by atoms with Crippen molar-refractivity contribution in [1.82, 2.24) is 0 Å². The van der Waals surface area contributed by atoms with Crippen LogP contribution in [0, 0.1) is 56.2 Å². The first-order valence-electron chi connectivity index (χ1n) is 12.0. The highest BCUT2D eigenvalue weighted by Gasteiger charge is 2.81. The van der Waals surface area contributed by atoms with Crippen molar-refractivity contribution in [3.63, 3.8) is 0 Å². The molecule has 2 aliphatic heterocycles. The van der Waals surface area contributed by atoms with Gasteiger partial charge in [0.1, 0.15) is 6.10 Å². The van der Waals surface area contributed by atoms with Gasteiger partial charge in [-0.1, -0.05) is 36.4 Å². The third-order valence-corrected chi connectivity index (χ3v) is 7.97. The van der Waals surface area contributed by atoms with E-state index in [1.165, 1.54) is 7.11 Å². The van der Waals surface area contributed by atoms with Crippen molar-refractivity contribution >= 4 is 5.90 Å². The second kappa shape index (κ2) is 8.55. The van der Waals surface area contributed by atoms with Crippen LogP contribution in [0.2, 0.25) is 0 Å². The van der Waals surface area contributed by atoms with E-state index in [0.29, 0.717) is 36.5 Å². The number of hydrogen-bond donors (Lipinski definition) is 1. The molecule has 0 aromatic heterocycles. The molecule has 2 aromatic carbocycles. The first-order chi connectivity index (χ1) is 17.4. The summed E-state index contributed by atoms with van der Waals surface area (Å²) in [6, 6.07) is 21.5. The highest BCUT2D eigenvalue weighted by Crippen LogP contribution is 2.70. The largest absolute Gasteiger partial charge is 0.493 e. The Labute approximate surface area is 210 Å². The van der Waals surface area contributed by atoms with E-state index in [1.807, 2.05) is 37.3 Å². The van der Waals surface area contributed by atoms with Gasteiger partial charge >= 0.3 is 0 Å². The zero-order valence-electron chi connectivity index (χ0n) is 20.2. The predicted molar refractivity (Wildman–Crippen MR) is 128 cm³/mol. The number of nitriles is 3. The van der Waals surface area contributed by atoms with Gasteiger partial charge in [-0.05, 0) is 48.9 Å². The second-order valence-electron chi connectivity index (χ2n) is 9.47. The third-order valence-electron chi connectivity index (χ3n) is 7.97. The van der Waals surface area contributed by atoms with E-state index < -0.39 is 28.6 Å². The number of rotatable bonds is 5. The average Bonchev–Trinajstić information content (AvgIpc) is 3.12. The first-order valence-corrected chi connectivity index (χ1v) is 12.0. The van der Waals surface area contributed by atoms with Crippen LogP contribution in [0.25, 0.3) is 0 Å². The van der Waals surface area contributed by atoms with Crippen molar-refractivity contribution < 1.29 is 18.9 Å². The van der Waals surface area contributed by atoms with E-state index in [2.05, 4.69) is 18.2 Å². The molecule has 0 radical (unpaired) electrons. The predicted octanol–water partition coefficient (Wildman–Crippen LogP) is 5.00. The molecule has 5 unspecified atom stereocenters. The summed E-state index contributed by atoms with van der Waals surface area (Å²) in [7, 11) is 1.50. The molecule has 3 fully saturated rings. The number of nitrogens with zero attached hydrogens (tertiary/aromatic N) is 3. The van der Waals surface area contributed by atoms with Crippen molar-refractivity contribution in [2.75, 3.05) is 13.7 Å². The highest BCUT2D eigenvalue weighted by molar-refractivity contribution is 5.89. The van der Waals surface area contributed by atoms with Gasteiger partial charge in [0.25, 0.3) is 0 Å². The molecule has 0 amide bonds. The van der Waals surface area contributed by atoms with E-state index in [-0.39, 0.29) is 11.8 Å². The summed E-state index contributed by atoms with van der Waals surface area (Å²) in [5.74, 6) is -1.27. The summed E-state index contributed by atoms with van der Waals surface area (Å²) in [6.07, 6.45) is 0.482. The Morgan fingerprint density at radius 1 is 1.03 bits per heavy atom.